The summed E-state index contributed by atoms with van der Waals surface area (Å²) in [6, 6.07) is 0.157. The molecule has 0 aliphatic rings. The van der Waals surface area contributed by atoms with Crippen LogP contribution in [0.25, 0.3) is 0 Å². The fourth-order valence-corrected chi connectivity index (χ4v) is 0.620. The molecule has 0 aromatic heterocycles. The molecule has 0 fully saturated rings. The minimum Gasteiger partial charge on any atom is -0.303 e. The molecule has 2 nitrogen and oxygen atoms in total. The van der Waals surface area contributed by atoms with E-state index < -0.39 is 0 Å². The average Bonchev–Trinajstić information content (AvgIpc) is 2.00. The molecule has 0 aromatic carbocycles. The fraction of sp³-hybridized carbons (Fsp3) is 0.800. The van der Waals surface area contributed by atoms with Crippen LogP contribution in [0.5, 0.6) is 0 Å². The molecule has 2 heteroatoms. The molecule has 12 heavy (non-hydrogen) atoms. The summed E-state index contributed by atoms with van der Waals surface area (Å²) in [4.78, 5) is 2.18. The predicted molar refractivity (Wildman–Crippen MR) is 54.1 cm³/mol. The van der Waals surface area contributed by atoms with Gasteiger partial charge in [-0.25, -0.2) is 0 Å². The summed E-state index contributed by atoms with van der Waals surface area (Å²) in [6.07, 6.45) is 5.25. The number of rotatable bonds is 4. The van der Waals surface area contributed by atoms with E-state index in [2.05, 4.69) is 44.1 Å². The van der Waals surface area contributed by atoms with E-state index in [1.54, 1.807) is 0 Å². The monoisotopic (exact) mass is 168 g/mol. The maximum absolute atomic E-state index is 5.25. The number of hydrogen-bond donors (Lipinski definition) is 1. The highest BCUT2D eigenvalue weighted by Gasteiger charge is 2.19. The Bertz CT molecular complexity index is 165. The van der Waals surface area contributed by atoms with E-state index >= 15 is 0 Å². The van der Waals surface area contributed by atoms with Gasteiger partial charge >= 0.3 is 0 Å². The highest BCUT2D eigenvalue weighted by Crippen LogP contribution is 2.07. The van der Waals surface area contributed by atoms with E-state index in [1.165, 1.54) is 0 Å². The van der Waals surface area contributed by atoms with Crippen LogP contribution in [0.4, 0.5) is 0 Å². The second kappa shape index (κ2) is 4.49. The molecule has 0 amide bonds. The van der Waals surface area contributed by atoms with Gasteiger partial charge in [0.1, 0.15) is 0 Å². The molecule has 1 N–H and O–H groups in total. The molecule has 0 aliphatic carbocycles. The Morgan fingerprint density at radius 1 is 1.50 bits per heavy atom. The predicted octanol–water partition coefficient (Wildman–Crippen LogP) is 0.938. The third kappa shape index (κ3) is 3.75. The van der Waals surface area contributed by atoms with Gasteiger partial charge in [-0.15, -0.1) is 6.42 Å². The lowest BCUT2D eigenvalue weighted by atomic mass is 10.0. The second-order valence-electron chi connectivity index (χ2n) is 3.98. The van der Waals surface area contributed by atoms with Crippen molar-refractivity contribution in [2.45, 2.75) is 32.4 Å². The lowest BCUT2D eigenvalue weighted by Crippen LogP contribution is -2.48. The maximum atomic E-state index is 5.25. The molecule has 70 valence electrons. The molecule has 0 saturated carbocycles. The third-order valence-electron chi connectivity index (χ3n) is 2.30. The zero-order chi connectivity index (χ0) is 9.78. The van der Waals surface area contributed by atoms with E-state index in [-0.39, 0.29) is 11.6 Å². The smallest absolute Gasteiger partial charge is 0.0658 e. The Morgan fingerprint density at radius 2 is 2.00 bits per heavy atom. The first-order chi connectivity index (χ1) is 5.40. The molecule has 0 rings (SSSR count). The first-order valence-corrected chi connectivity index (χ1v) is 4.27. The first kappa shape index (κ1) is 11.5. The Hall–Kier alpha value is -0.520. The van der Waals surface area contributed by atoms with Crippen LogP contribution < -0.4 is 5.32 Å². The highest BCUT2D eigenvalue weighted by atomic mass is 15.2. The van der Waals surface area contributed by atoms with Gasteiger partial charge in [0.05, 0.1) is 6.04 Å². The van der Waals surface area contributed by atoms with Crippen LogP contribution in [0.15, 0.2) is 0 Å². The number of nitrogens with zero attached hydrogens (tertiary/aromatic N) is 1. The molecule has 0 aromatic rings. The van der Waals surface area contributed by atoms with Gasteiger partial charge in [-0.3, -0.25) is 0 Å². The van der Waals surface area contributed by atoms with Gasteiger partial charge in [0.2, 0.25) is 0 Å². The lowest BCUT2D eigenvalue weighted by Gasteiger charge is -2.33. The van der Waals surface area contributed by atoms with Gasteiger partial charge in [-0.05, 0) is 34.9 Å². The fourth-order valence-electron chi connectivity index (χ4n) is 0.620. The van der Waals surface area contributed by atoms with Gasteiger partial charge in [-0.1, -0.05) is 5.92 Å². The maximum Gasteiger partial charge on any atom is 0.0658 e. The van der Waals surface area contributed by atoms with E-state index in [0.29, 0.717) is 0 Å². The van der Waals surface area contributed by atoms with Crippen molar-refractivity contribution in [3.05, 3.63) is 0 Å². The molecule has 0 aliphatic heterocycles. The Labute approximate surface area is 76.3 Å². The summed E-state index contributed by atoms with van der Waals surface area (Å²) in [5.41, 5.74) is 0.158. The highest BCUT2D eigenvalue weighted by molar-refractivity contribution is 4.97. The molecule has 0 radical (unpaired) electrons. The van der Waals surface area contributed by atoms with Crippen LogP contribution in [0.2, 0.25) is 0 Å². The molecule has 1 unspecified atom stereocenters. The van der Waals surface area contributed by atoms with Crippen LogP contribution in [0.1, 0.15) is 20.8 Å². The molecule has 0 bridgehead atoms. The van der Waals surface area contributed by atoms with Crippen molar-refractivity contribution < 1.29 is 0 Å². The van der Waals surface area contributed by atoms with Crippen molar-refractivity contribution in [1.29, 1.82) is 0 Å². The normalized spacial score (nSPS) is 14.4. The minimum absolute atomic E-state index is 0.157. The van der Waals surface area contributed by atoms with Gasteiger partial charge in [0.15, 0.2) is 0 Å². The van der Waals surface area contributed by atoms with Crippen LogP contribution in [-0.4, -0.2) is 37.1 Å². The molecular weight excluding hydrogens is 148 g/mol. The zero-order valence-corrected chi connectivity index (χ0v) is 8.81. The summed E-state index contributed by atoms with van der Waals surface area (Å²) in [6.45, 7) is 7.27. The Morgan fingerprint density at radius 3 is 2.33 bits per heavy atom. The number of terminal acetylenes is 1. The topological polar surface area (TPSA) is 15.3 Å². The van der Waals surface area contributed by atoms with Crippen LogP contribution in [0.3, 0.4) is 0 Å². The summed E-state index contributed by atoms with van der Waals surface area (Å²) in [5, 5.41) is 3.28. The van der Waals surface area contributed by atoms with Crippen LogP contribution in [-0.2, 0) is 0 Å². The van der Waals surface area contributed by atoms with Crippen molar-refractivity contribution in [1.82, 2.24) is 10.2 Å². The van der Waals surface area contributed by atoms with Crippen molar-refractivity contribution in [2.75, 3.05) is 20.6 Å². The van der Waals surface area contributed by atoms with E-state index in [1.807, 2.05) is 6.92 Å². The van der Waals surface area contributed by atoms with Crippen molar-refractivity contribution in [3.8, 4) is 12.3 Å². The van der Waals surface area contributed by atoms with Crippen LogP contribution in [0, 0.1) is 12.3 Å². The standard InChI is InChI=1S/C10H20N2/c1-7-9(2)11-8-10(3,4)12(5)6/h1,9,11H,8H2,2-6H3. The Balaban J connectivity index is 3.85. The first-order valence-electron chi connectivity index (χ1n) is 4.27. The zero-order valence-electron chi connectivity index (χ0n) is 8.81. The molecule has 0 spiro atoms. The lowest BCUT2D eigenvalue weighted by molar-refractivity contribution is 0.188. The third-order valence-corrected chi connectivity index (χ3v) is 2.30. The molecule has 1 atom stereocenters. The summed E-state index contributed by atoms with van der Waals surface area (Å²) in [5.74, 6) is 2.65. The molecular formula is C10H20N2. The van der Waals surface area contributed by atoms with Crippen molar-refractivity contribution in [3.63, 3.8) is 0 Å². The number of hydrogen-bond acceptors (Lipinski definition) is 2. The Kier molecular flexibility index (Phi) is 4.30. The summed E-state index contributed by atoms with van der Waals surface area (Å²) in [7, 11) is 4.14. The van der Waals surface area contributed by atoms with Crippen LogP contribution >= 0.6 is 0 Å². The van der Waals surface area contributed by atoms with Crippen molar-refractivity contribution in [2.24, 2.45) is 0 Å². The second-order valence-corrected chi connectivity index (χ2v) is 3.98. The van der Waals surface area contributed by atoms with Crippen molar-refractivity contribution >= 4 is 0 Å². The van der Waals surface area contributed by atoms with Gasteiger partial charge in [0.25, 0.3) is 0 Å². The molecule has 0 heterocycles. The van der Waals surface area contributed by atoms with Gasteiger partial charge in [-0.2, -0.15) is 0 Å². The van der Waals surface area contributed by atoms with E-state index in [0.717, 1.165) is 6.54 Å². The summed E-state index contributed by atoms with van der Waals surface area (Å²) >= 11 is 0. The molecule has 0 saturated heterocycles. The van der Waals surface area contributed by atoms with E-state index in [9.17, 15) is 0 Å². The quantitative estimate of drug-likeness (QED) is 0.628. The number of likely N-dealkylation sites (N-methyl/N-ethyl adjacent to an activating group) is 1. The van der Waals surface area contributed by atoms with Gasteiger partial charge in [0, 0.05) is 12.1 Å². The number of nitrogens with one attached hydrogen (secondary N) is 1. The minimum atomic E-state index is 0.157. The average molecular weight is 168 g/mol. The SMILES string of the molecule is C#CC(C)NCC(C)(C)N(C)C. The van der Waals surface area contributed by atoms with E-state index in [4.69, 9.17) is 6.42 Å². The van der Waals surface area contributed by atoms with Gasteiger partial charge < -0.3 is 10.2 Å². The largest absolute Gasteiger partial charge is 0.303 e. The summed E-state index contributed by atoms with van der Waals surface area (Å²) < 4.78 is 0.